The third-order valence-electron chi connectivity index (χ3n) is 3.60. The zero-order valence-electron chi connectivity index (χ0n) is 12.8. The molecule has 4 nitrogen and oxygen atoms in total. The van der Waals surface area contributed by atoms with E-state index in [2.05, 4.69) is 5.32 Å². The molecular weight excluding hydrogens is 302 g/mol. The van der Waals surface area contributed by atoms with E-state index in [1.165, 1.54) is 6.08 Å². The van der Waals surface area contributed by atoms with Gasteiger partial charge in [0.1, 0.15) is 5.70 Å². The normalized spacial score (nSPS) is 11.2. The van der Waals surface area contributed by atoms with Crippen molar-refractivity contribution in [2.24, 2.45) is 0 Å². The minimum atomic E-state index is -1.19. The molecule has 3 rings (SSSR count). The van der Waals surface area contributed by atoms with Crippen molar-refractivity contribution in [1.29, 1.82) is 0 Å². The Morgan fingerprint density at radius 2 is 1.50 bits per heavy atom. The molecule has 0 aliphatic heterocycles. The molecule has 0 saturated carbocycles. The average molecular weight is 317 g/mol. The van der Waals surface area contributed by atoms with Gasteiger partial charge in [-0.1, -0.05) is 54.6 Å². The second kappa shape index (κ2) is 6.79. The number of amides is 1. The molecule has 0 aliphatic carbocycles. The van der Waals surface area contributed by atoms with Crippen LogP contribution in [0.1, 0.15) is 15.9 Å². The predicted molar refractivity (Wildman–Crippen MR) is 93.5 cm³/mol. The highest BCUT2D eigenvalue weighted by atomic mass is 16.4. The van der Waals surface area contributed by atoms with E-state index >= 15 is 0 Å². The van der Waals surface area contributed by atoms with Gasteiger partial charge in [0.05, 0.1) is 0 Å². The third-order valence-corrected chi connectivity index (χ3v) is 3.60. The fraction of sp³-hybridized carbons (Fsp3) is 0. The summed E-state index contributed by atoms with van der Waals surface area (Å²) in [6.45, 7) is 0. The van der Waals surface area contributed by atoms with Crippen molar-refractivity contribution in [1.82, 2.24) is 5.32 Å². The Bertz CT molecular complexity index is 930. The summed E-state index contributed by atoms with van der Waals surface area (Å²) in [7, 11) is 0. The highest BCUT2D eigenvalue weighted by Crippen LogP contribution is 2.17. The second-order valence-corrected chi connectivity index (χ2v) is 5.29. The van der Waals surface area contributed by atoms with Crippen molar-refractivity contribution in [2.75, 3.05) is 0 Å². The number of benzene rings is 3. The molecule has 0 fully saturated rings. The molecule has 24 heavy (non-hydrogen) atoms. The summed E-state index contributed by atoms with van der Waals surface area (Å²) in [6.07, 6.45) is 1.45. The van der Waals surface area contributed by atoms with Crippen molar-refractivity contribution < 1.29 is 14.7 Å². The fourth-order valence-corrected chi connectivity index (χ4v) is 2.40. The van der Waals surface area contributed by atoms with Gasteiger partial charge in [0.15, 0.2) is 0 Å². The Hall–Kier alpha value is -3.40. The molecule has 0 bridgehead atoms. The zero-order chi connectivity index (χ0) is 16.9. The fourth-order valence-electron chi connectivity index (χ4n) is 2.40. The van der Waals surface area contributed by atoms with Crippen LogP contribution < -0.4 is 5.32 Å². The van der Waals surface area contributed by atoms with Crippen LogP contribution in [0.25, 0.3) is 16.8 Å². The molecule has 0 aromatic heterocycles. The molecule has 0 radical (unpaired) electrons. The van der Waals surface area contributed by atoms with Gasteiger partial charge in [-0.25, -0.2) is 4.79 Å². The number of hydrogen-bond donors (Lipinski definition) is 2. The largest absolute Gasteiger partial charge is 0.477 e. The van der Waals surface area contributed by atoms with Gasteiger partial charge in [-0.2, -0.15) is 0 Å². The van der Waals surface area contributed by atoms with E-state index < -0.39 is 11.9 Å². The smallest absolute Gasteiger partial charge is 0.352 e. The number of fused-ring (bicyclic) bond motifs is 1. The van der Waals surface area contributed by atoms with Crippen LogP contribution in [-0.2, 0) is 4.79 Å². The van der Waals surface area contributed by atoms with Crippen LogP contribution in [0, 0.1) is 0 Å². The van der Waals surface area contributed by atoms with Crippen molar-refractivity contribution in [3.05, 3.63) is 89.6 Å². The molecule has 0 heterocycles. The van der Waals surface area contributed by atoms with Crippen molar-refractivity contribution in [2.45, 2.75) is 0 Å². The zero-order valence-corrected chi connectivity index (χ0v) is 12.8. The molecule has 0 unspecified atom stereocenters. The molecule has 2 N–H and O–H groups in total. The maximum atomic E-state index is 12.1. The lowest BCUT2D eigenvalue weighted by molar-refractivity contribution is -0.132. The van der Waals surface area contributed by atoms with E-state index in [1.54, 1.807) is 30.3 Å². The number of carbonyl (C=O) groups excluding carboxylic acids is 1. The highest BCUT2D eigenvalue weighted by molar-refractivity contribution is 6.03. The summed E-state index contributed by atoms with van der Waals surface area (Å²) in [5.74, 6) is -1.64. The molecule has 3 aromatic rings. The van der Waals surface area contributed by atoms with Crippen molar-refractivity contribution >= 4 is 28.7 Å². The minimum Gasteiger partial charge on any atom is -0.477 e. The van der Waals surface area contributed by atoms with Crippen LogP contribution >= 0.6 is 0 Å². The first-order valence-corrected chi connectivity index (χ1v) is 7.44. The summed E-state index contributed by atoms with van der Waals surface area (Å²) in [5, 5.41) is 13.9. The third kappa shape index (κ3) is 3.50. The first kappa shape index (κ1) is 15.5. The van der Waals surface area contributed by atoms with Gasteiger partial charge in [-0.15, -0.1) is 0 Å². The van der Waals surface area contributed by atoms with Gasteiger partial charge < -0.3 is 10.4 Å². The maximum Gasteiger partial charge on any atom is 0.352 e. The Labute approximate surface area is 139 Å². The van der Waals surface area contributed by atoms with Gasteiger partial charge in [-0.05, 0) is 40.6 Å². The van der Waals surface area contributed by atoms with Gasteiger partial charge in [-0.3, -0.25) is 4.79 Å². The van der Waals surface area contributed by atoms with Crippen LogP contribution in [0.2, 0.25) is 0 Å². The Morgan fingerprint density at radius 3 is 2.21 bits per heavy atom. The molecule has 0 saturated heterocycles. The number of carboxylic acid groups (broad SMARTS) is 1. The number of carbonyl (C=O) groups is 2. The Kier molecular flexibility index (Phi) is 4.38. The first-order valence-electron chi connectivity index (χ1n) is 7.44. The van der Waals surface area contributed by atoms with Gasteiger partial charge >= 0.3 is 5.97 Å². The molecular formula is C20H15NO3. The van der Waals surface area contributed by atoms with E-state index in [4.69, 9.17) is 0 Å². The first-order chi connectivity index (χ1) is 11.6. The van der Waals surface area contributed by atoms with Crippen LogP contribution in [0.15, 0.2) is 78.5 Å². The van der Waals surface area contributed by atoms with Crippen LogP contribution in [0.5, 0.6) is 0 Å². The predicted octanol–water partition coefficient (Wildman–Crippen LogP) is 3.70. The number of hydrogen-bond acceptors (Lipinski definition) is 2. The SMILES string of the molecule is O=C(O)/C(=C/c1ccc2ccccc2c1)NC(=O)c1ccccc1. The summed E-state index contributed by atoms with van der Waals surface area (Å²) in [6, 6.07) is 21.9. The minimum absolute atomic E-state index is 0.167. The van der Waals surface area contributed by atoms with Gasteiger partial charge in [0.2, 0.25) is 0 Å². The number of rotatable bonds is 4. The van der Waals surface area contributed by atoms with Crippen LogP contribution in [0.3, 0.4) is 0 Å². The number of carboxylic acids is 1. The van der Waals surface area contributed by atoms with E-state index in [0.29, 0.717) is 11.1 Å². The number of aliphatic carboxylic acids is 1. The number of nitrogens with one attached hydrogen (secondary N) is 1. The van der Waals surface area contributed by atoms with E-state index in [9.17, 15) is 14.7 Å². The monoisotopic (exact) mass is 317 g/mol. The van der Waals surface area contributed by atoms with Gasteiger partial charge in [0, 0.05) is 5.56 Å². The standard InChI is InChI=1S/C20H15NO3/c22-19(16-7-2-1-3-8-16)21-18(20(23)24)13-14-10-11-15-6-4-5-9-17(15)12-14/h1-13H,(H,21,22)(H,23,24)/b18-13-. The molecule has 3 aromatic carbocycles. The Morgan fingerprint density at radius 1 is 0.833 bits per heavy atom. The van der Waals surface area contributed by atoms with Crippen LogP contribution in [-0.4, -0.2) is 17.0 Å². The van der Waals surface area contributed by atoms with Crippen molar-refractivity contribution in [3.8, 4) is 0 Å². The average Bonchev–Trinajstić information content (AvgIpc) is 2.61. The van der Waals surface area contributed by atoms with Gasteiger partial charge in [0.25, 0.3) is 5.91 Å². The quantitative estimate of drug-likeness (QED) is 0.721. The summed E-state index contributed by atoms with van der Waals surface area (Å²) in [5.41, 5.74) is 0.946. The molecule has 1 amide bonds. The molecule has 0 atom stereocenters. The summed E-state index contributed by atoms with van der Waals surface area (Å²) in [4.78, 5) is 23.6. The lowest BCUT2D eigenvalue weighted by Gasteiger charge is -2.07. The topological polar surface area (TPSA) is 66.4 Å². The molecule has 0 aliphatic rings. The maximum absolute atomic E-state index is 12.1. The summed E-state index contributed by atoms with van der Waals surface area (Å²) < 4.78 is 0. The van der Waals surface area contributed by atoms with E-state index in [-0.39, 0.29) is 5.70 Å². The van der Waals surface area contributed by atoms with Crippen LogP contribution in [0.4, 0.5) is 0 Å². The molecule has 0 spiro atoms. The Balaban J connectivity index is 1.90. The molecule has 118 valence electrons. The lowest BCUT2D eigenvalue weighted by Crippen LogP contribution is -2.27. The lowest BCUT2D eigenvalue weighted by atomic mass is 10.1. The van der Waals surface area contributed by atoms with E-state index in [0.717, 1.165) is 10.8 Å². The van der Waals surface area contributed by atoms with Crippen molar-refractivity contribution in [3.63, 3.8) is 0 Å². The summed E-state index contributed by atoms with van der Waals surface area (Å²) >= 11 is 0. The highest BCUT2D eigenvalue weighted by Gasteiger charge is 2.13. The second-order valence-electron chi connectivity index (χ2n) is 5.29. The molecule has 4 heteroatoms. The van der Waals surface area contributed by atoms with E-state index in [1.807, 2.05) is 42.5 Å².